The largest absolute Gasteiger partial charge is 0.468 e. The highest BCUT2D eigenvalue weighted by molar-refractivity contribution is 5.75. The van der Waals surface area contributed by atoms with Crippen LogP contribution in [0.5, 0.6) is 0 Å². The standard InChI is InChI=1S/C7H12N4O2/c1-13-7(12)6(8)2-5-11-9-3-4-10-11/h3-4,6H,2,5,8H2,1H3. The molecular formula is C7H12N4O2. The highest BCUT2D eigenvalue weighted by Gasteiger charge is 2.13. The van der Waals surface area contributed by atoms with Gasteiger partial charge in [-0.15, -0.1) is 0 Å². The number of carbonyl (C=O) groups excluding carboxylic acids is 1. The average Bonchev–Trinajstić information content (AvgIpc) is 2.65. The second kappa shape index (κ2) is 4.56. The van der Waals surface area contributed by atoms with Crippen molar-refractivity contribution < 1.29 is 9.53 Å². The number of esters is 1. The van der Waals surface area contributed by atoms with Crippen LogP contribution in [0.2, 0.25) is 0 Å². The molecule has 0 aliphatic heterocycles. The van der Waals surface area contributed by atoms with Gasteiger partial charge in [-0.3, -0.25) is 4.79 Å². The van der Waals surface area contributed by atoms with E-state index in [1.165, 1.54) is 11.9 Å². The molecule has 0 spiro atoms. The highest BCUT2D eigenvalue weighted by atomic mass is 16.5. The summed E-state index contributed by atoms with van der Waals surface area (Å²) in [5.41, 5.74) is 5.50. The van der Waals surface area contributed by atoms with Crippen molar-refractivity contribution in [3.05, 3.63) is 12.4 Å². The van der Waals surface area contributed by atoms with Crippen molar-refractivity contribution >= 4 is 5.97 Å². The van der Waals surface area contributed by atoms with Crippen LogP contribution in [0.3, 0.4) is 0 Å². The summed E-state index contributed by atoms with van der Waals surface area (Å²) >= 11 is 0. The van der Waals surface area contributed by atoms with Crippen molar-refractivity contribution in [2.45, 2.75) is 19.0 Å². The SMILES string of the molecule is COC(=O)C(N)CCn1nccn1. The molecule has 0 amide bonds. The molecule has 0 saturated heterocycles. The molecule has 0 bridgehead atoms. The Morgan fingerprint density at radius 2 is 2.23 bits per heavy atom. The minimum Gasteiger partial charge on any atom is -0.468 e. The Labute approximate surface area is 75.7 Å². The summed E-state index contributed by atoms with van der Waals surface area (Å²) in [6.07, 6.45) is 3.62. The number of ether oxygens (including phenoxy) is 1. The molecule has 0 fully saturated rings. The van der Waals surface area contributed by atoms with E-state index in [0.717, 1.165) is 0 Å². The molecule has 0 radical (unpaired) electrons. The first-order valence-corrected chi connectivity index (χ1v) is 3.91. The molecule has 1 heterocycles. The topological polar surface area (TPSA) is 83.0 Å². The van der Waals surface area contributed by atoms with E-state index in [1.54, 1.807) is 12.4 Å². The smallest absolute Gasteiger partial charge is 0.322 e. The van der Waals surface area contributed by atoms with Gasteiger partial charge < -0.3 is 10.5 Å². The molecule has 1 unspecified atom stereocenters. The molecule has 1 aromatic rings. The summed E-state index contributed by atoms with van der Waals surface area (Å²) in [4.78, 5) is 12.3. The summed E-state index contributed by atoms with van der Waals surface area (Å²) in [7, 11) is 1.31. The van der Waals surface area contributed by atoms with Gasteiger partial charge in [-0.1, -0.05) is 0 Å². The minimum atomic E-state index is -0.601. The van der Waals surface area contributed by atoms with Crippen LogP contribution in [0, 0.1) is 0 Å². The first kappa shape index (κ1) is 9.66. The van der Waals surface area contributed by atoms with E-state index in [-0.39, 0.29) is 0 Å². The van der Waals surface area contributed by atoms with Gasteiger partial charge in [-0.25, -0.2) is 0 Å². The van der Waals surface area contributed by atoms with Crippen molar-refractivity contribution in [1.29, 1.82) is 0 Å². The van der Waals surface area contributed by atoms with Crippen molar-refractivity contribution in [3.8, 4) is 0 Å². The Balaban J connectivity index is 2.30. The molecule has 2 N–H and O–H groups in total. The fourth-order valence-electron chi connectivity index (χ4n) is 0.883. The number of carbonyl (C=O) groups is 1. The van der Waals surface area contributed by atoms with Crippen molar-refractivity contribution in [3.63, 3.8) is 0 Å². The van der Waals surface area contributed by atoms with E-state index < -0.39 is 12.0 Å². The summed E-state index contributed by atoms with van der Waals surface area (Å²) < 4.78 is 4.47. The van der Waals surface area contributed by atoms with Gasteiger partial charge in [0.15, 0.2) is 0 Å². The van der Waals surface area contributed by atoms with Crippen LogP contribution < -0.4 is 5.73 Å². The van der Waals surface area contributed by atoms with Crippen LogP contribution in [0.25, 0.3) is 0 Å². The molecule has 0 aliphatic rings. The maximum Gasteiger partial charge on any atom is 0.322 e. The zero-order valence-corrected chi connectivity index (χ0v) is 7.38. The summed E-state index contributed by atoms with van der Waals surface area (Å²) in [5.74, 6) is -0.410. The lowest BCUT2D eigenvalue weighted by molar-refractivity contribution is -0.142. The van der Waals surface area contributed by atoms with Gasteiger partial charge in [-0.2, -0.15) is 15.0 Å². The number of aromatic nitrogens is 3. The van der Waals surface area contributed by atoms with Crippen LogP contribution in [-0.2, 0) is 16.1 Å². The molecule has 6 heteroatoms. The predicted octanol–water partition coefficient (Wildman–Crippen LogP) is -0.831. The zero-order chi connectivity index (χ0) is 9.68. The number of aryl methyl sites for hydroxylation is 1. The maximum atomic E-state index is 10.9. The normalized spacial score (nSPS) is 12.5. The third kappa shape index (κ3) is 2.83. The van der Waals surface area contributed by atoms with Gasteiger partial charge >= 0.3 is 5.97 Å². The lowest BCUT2D eigenvalue weighted by Gasteiger charge is -2.07. The molecule has 13 heavy (non-hydrogen) atoms. The van der Waals surface area contributed by atoms with Gasteiger partial charge in [-0.05, 0) is 6.42 Å². The number of rotatable bonds is 4. The molecule has 6 nitrogen and oxygen atoms in total. The summed E-state index contributed by atoms with van der Waals surface area (Å²) in [6, 6.07) is -0.601. The van der Waals surface area contributed by atoms with Gasteiger partial charge in [0.05, 0.1) is 26.0 Å². The number of methoxy groups -OCH3 is 1. The first-order valence-electron chi connectivity index (χ1n) is 3.91. The van der Waals surface area contributed by atoms with Crippen LogP contribution in [0.1, 0.15) is 6.42 Å². The maximum absolute atomic E-state index is 10.9. The van der Waals surface area contributed by atoms with E-state index in [4.69, 9.17) is 5.73 Å². The Morgan fingerprint density at radius 3 is 2.77 bits per heavy atom. The minimum absolute atomic E-state index is 0.410. The van der Waals surface area contributed by atoms with Crippen molar-refractivity contribution in [1.82, 2.24) is 15.0 Å². The molecule has 1 rings (SSSR count). The average molecular weight is 184 g/mol. The van der Waals surface area contributed by atoms with Gasteiger partial charge in [0.2, 0.25) is 0 Å². The van der Waals surface area contributed by atoms with Crippen LogP contribution >= 0.6 is 0 Å². The predicted molar refractivity (Wildman–Crippen MR) is 44.6 cm³/mol. The molecule has 1 aromatic heterocycles. The van der Waals surface area contributed by atoms with Crippen LogP contribution in [0.15, 0.2) is 12.4 Å². The third-order valence-electron chi connectivity index (χ3n) is 1.61. The van der Waals surface area contributed by atoms with Gasteiger partial charge in [0.1, 0.15) is 6.04 Å². The van der Waals surface area contributed by atoms with E-state index in [1.807, 2.05) is 0 Å². The van der Waals surface area contributed by atoms with Crippen LogP contribution in [0.4, 0.5) is 0 Å². The third-order valence-corrected chi connectivity index (χ3v) is 1.61. The molecule has 0 aromatic carbocycles. The Morgan fingerprint density at radius 1 is 1.62 bits per heavy atom. The molecule has 72 valence electrons. The highest BCUT2D eigenvalue weighted by Crippen LogP contribution is 1.93. The van der Waals surface area contributed by atoms with Gasteiger partial charge in [0.25, 0.3) is 0 Å². The summed E-state index contributed by atoms with van der Waals surface area (Å²) in [6.45, 7) is 0.517. The zero-order valence-electron chi connectivity index (χ0n) is 7.38. The van der Waals surface area contributed by atoms with E-state index in [9.17, 15) is 4.79 Å². The molecule has 0 aliphatic carbocycles. The van der Waals surface area contributed by atoms with Gasteiger partial charge in [0, 0.05) is 0 Å². The quantitative estimate of drug-likeness (QED) is 0.617. The van der Waals surface area contributed by atoms with E-state index >= 15 is 0 Å². The first-order chi connectivity index (χ1) is 6.24. The molecule has 1 atom stereocenters. The lowest BCUT2D eigenvalue weighted by Crippen LogP contribution is -2.32. The second-order valence-corrected chi connectivity index (χ2v) is 2.54. The monoisotopic (exact) mass is 184 g/mol. The molecular weight excluding hydrogens is 172 g/mol. The number of nitrogens with zero attached hydrogens (tertiary/aromatic N) is 3. The fourth-order valence-corrected chi connectivity index (χ4v) is 0.883. The van der Waals surface area contributed by atoms with Crippen molar-refractivity contribution in [2.24, 2.45) is 5.73 Å². The lowest BCUT2D eigenvalue weighted by atomic mass is 10.2. The number of nitrogens with two attached hydrogens (primary N) is 1. The fraction of sp³-hybridized carbons (Fsp3) is 0.571. The number of hydrogen-bond donors (Lipinski definition) is 1. The van der Waals surface area contributed by atoms with E-state index in [0.29, 0.717) is 13.0 Å². The second-order valence-electron chi connectivity index (χ2n) is 2.54. The number of hydrogen-bond acceptors (Lipinski definition) is 5. The Hall–Kier alpha value is -1.43. The Kier molecular flexibility index (Phi) is 3.39. The van der Waals surface area contributed by atoms with Crippen molar-refractivity contribution in [2.75, 3.05) is 7.11 Å². The van der Waals surface area contributed by atoms with Crippen LogP contribution in [-0.4, -0.2) is 34.1 Å². The summed E-state index contributed by atoms with van der Waals surface area (Å²) in [5, 5.41) is 7.74. The Bertz CT molecular complexity index is 259. The van der Waals surface area contributed by atoms with E-state index in [2.05, 4.69) is 14.9 Å². The molecule has 0 saturated carbocycles.